The van der Waals surface area contributed by atoms with Gasteiger partial charge >= 0.3 is 0 Å². The van der Waals surface area contributed by atoms with Gasteiger partial charge in [-0.1, -0.05) is 12.1 Å². The monoisotopic (exact) mass is 430 g/mol. The summed E-state index contributed by atoms with van der Waals surface area (Å²) in [7, 11) is 1.62. The van der Waals surface area contributed by atoms with Crippen LogP contribution >= 0.6 is 0 Å². The molecule has 1 fully saturated rings. The second-order valence-corrected chi connectivity index (χ2v) is 7.86. The Morgan fingerprint density at radius 3 is 2.45 bits per heavy atom. The smallest absolute Gasteiger partial charge is 0.237 e. The molecule has 7 heteroatoms. The molecule has 31 heavy (non-hydrogen) atoms. The van der Waals surface area contributed by atoms with Gasteiger partial charge in [-0.05, 0) is 75.2 Å². The highest BCUT2D eigenvalue weighted by molar-refractivity contribution is 5.98. The quantitative estimate of drug-likeness (QED) is 0.650. The minimum Gasteiger partial charge on any atom is -0.497 e. The molecule has 166 valence electrons. The van der Waals surface area contributed by atoms with Gasteiger partial charge in [-0.2, -0.15) is 0 Å². The number of methoxy groups -OCH3 is 1. The average molecular weight is 430 g/mol. The Labute approximate surface area is 181 Å². The van der Waals surface area contributed by atoms with Crippen molar-refractivity contribution in [3.8, 4) is 5.75 Å². The summed E-state index contributed by atoms with van der Waals surface area (Å²) < 4.78 is 32.4. The average Bonchev–Trinajstić information content (AvgIpc) is 2.80. The van der Waals surface area contributed by atoms with Gasteiger partial charge in [0.15, 0.2) is 5.78 Å². The molecule has 2 aromatic carbocycles. The van der Waals surface area contributed by atoms with Crippen molar-refractivity contribution in [2.45, 2.75) is 32.2 Å². The van der Waals surface area contributed by atoms with E-state index in [2.05, 4.69) is 5.32 Å². The van der Waals surface area contributed by atoms with Gasteiger partial charge in [0.05, 0.1) is 18.7 Å². The fraction of sp³-hybridized carbons (Fsp3) is 0.417. The fourth-order valence-corrected chi connectivity index (χ4v) is 3.89. The number of ketones is 1. The number of Topliss-reactive ketones (excluding diaryl/α,β-unsaturated/α-hetero) is 1. The molecular weight excluding hydrogens is 402 g/mol. The molecule has 1 saturated heterocycles. The van der Waals surface area contributed by atoms with Crippen molar-refractivity contribution in [3.63, 3.8) is 0 Å². The molecular formula is C24H28F2N2O3. The van der Waals surface area contributed by atoms with Crippen molar-refractivity contribution in [2.75, 3.05) is 26.7 Å². The van der Waals surface area contributed by atoms with E-state index >= 15 is 0 Å². The zero-order chi connectivity index (χ0) is 22.4. The van der Waals surface area contributed by atoms with Crippen LogP contribution in [-0.4, -0.2) is 49.4 Å². The molecule has 1 heterocycles. The van der Waals surface area contributed by atoms with Crippen molar-refractivity contribution < 1.29 is 23.1 Å². The minimum atomic E-state index is -0.696. The third-order valence-corrected chi connectivity index (χ3v) is 5.89. The third kappa shape index (κ3) is 5.88. The van der Waals surface area contributed by atoms with E-state index in [1.807, 2.05) is 36.1 Å². The van der Waals surface area contributed by atoms with Crippen LogP contribution in [0.25, 0.3) is 0 Å². The largest absolute Gasteiger partial charge is 0.497 e. The van der Waals surface area contributed by atoms with Crippen molar-refractivity contribution in [2.24, 2.45) is 5.92 Å². The van der Waals surface area contributed by atoms with Gasteiger partial charge in [0.25, 0.3) is 0 Å². The Morgan fingerprint density at radius 2 is 1.81 bits per heavy atom. The molecule has 1 N–H and O–H groups in total. The third-order valence-electron chi connectivity index (χ3n) is 5.89. The van der Waals surface area contributed by atoms with E-state index in [1.54, 1.807) is 7.11 Å². The highest BCUT2D eigenvalue weighted by Crippen LogP contribution is 2.24. The van der Waals surface area contributed by atoms with Gasteiger partial charge in [0.1, 0.15) is 17.4 Å². The fourth-order valence-electron chi connectivity index (χ4n) is 3.89. The van der Waals surface area contributed by atoms with Crippen LogP contribution in [0.3, 0.4) is 0 Å². The first kappa shape index (κ1) is 22.9. The van der Waals surface area contributed by atoms with Crippen LogP contribution in [-0.2, 0) is 11.2 Å². The molecule has 1 unspecified atom stereocenters. The molecule has 1 aliphatic heterocycles. The number of nitrogens with zero attached hydrogens (tertiary/aromatic N) is 1. The van der Waals surface area contributed by atoms with Gasteiger partial charge in [-0.3, -0.25) is 14.5 Å². The van der Waals surface area contributed by atoms with Gasteiger partial charge < -0.3 is 10.1 Å². The predicted octanol–water partition coefficient (Wildman–Crippen LogP) is 3.62. The number of rotatable bonds is 8. The van der Waals surface area contributed by atoms with Gasteiger partial charge in [-0.15, -0.1) is 0 Å². The van der Waals surface area contributed by atoms with Crippen molar-refractivity contribution in [3.05, 3.63) is 65.2 Å². The maximum absolute atomic E-state index is 13.9. The van der Waals surface area contributed by atoms with Crippen molar-refractivity contribution in [1.29, 1.82) is 0 Å². The Morgan fingerprint density at radius 1 is 1.13 bits per heavy atom. The highest BCUT2D eigenvalue weighted by atomic mass is 19.1. The molecule has 0 bridgehead atoms. The number of halogens is 2. The summed E-state index contributed by atoms with van der Waals surface area (Å²) in [6, 6.07) is 10.3. The van der Waals surface area contributed by atoms with Crippen LogP contribution in [0, 0.1) is 17.6 Å². The summed E-state index contributed by atoms with van der Waals surface area (Å²) >= 11 is 0. The molecule has 0 saturated carbocycles. The number of likely N-dealkylation sites (tertiary alicyclic amines) is 1. The van der Waals surface area contributed by atoms with Crippen LogP contribution < -0.4 is 10.1 Å². The summed E-state index contributed by atoms with van der Waals surface area (Å²) in [6.07, 6.45) is 1.74. The lowest BCUT2D eigenvalue weighted by Gasteiger charge is -2.34. The molecule has 1 aliphatic rings. The van der Waals surface area contributed by atoms with Crippen LogP contribution in [0.4, 0.5) is 8.78 Å². The molecule has 5 nitrogen and oxygen atoms in total. The highest BCUT2D eigenvalue weighted by Gasteiger charge is 2.31. The molecule has 1 amide bonds. The van der Waals surface area contributed by atoms with Crippen LogP contribution in [0.2, 0.25) is 0 Å². The lowest BCUT2D eigenvalue weighted by atomic mass is 9.88. The molecule has 1 atom stereocenters. The van der Waals surface area contributed by atoms with E-state index in [9.17, 15) is 18.4 Å². The number of piperidine rings is 1. The van der Waals surface area contributed by atoms with E-state index in [0.717, 1.165) is 35.9 Å². The Kier molecular flexibility index (Phi) is 7.74. The van der Waals surface area contributed by atoms with Crippen LogP contribution in [0.5, 0.6) is 5.75 Å². The summed E-state index contributed by atoms with van der Waals surface area (Å²) in [5, 5.41) is 2.96. The summed E-state index contributed by atoms with van der Waals surface area (Å²) in [5.41, 5.74) is 0.917. The lowest BCUT2D eigenvalue weighted by Crippen LogP contribution is -2.49. The SMILES string of the molecule is COc1ccc(CCNC(=O)C(C)N2CCC(C(=O)c3cc(F)ccc3F)CC2)cc1. The number of hydrogen-bond donors (Lipinski definition) is 1. The maximum Gasteiger partial charge on any atom is 0.237 e. The van der Waals surface area contributed by atoms with E-state index in [4.69, 9.17) is 4.74 Å². The van der Waals surface area contributed by atoms with E-state index in [1.165, 1.54) is 0 Å². The summed E-state index contributed by atoms with van der Waals surface area (Å²) in [6.45, 7) is 3.49. The zero-order valence-electron chi connectivity index (χ0n) is 17.9. The Balaban J connectivity index is 1.45. The number of carbonyl (C=O) groups excluding carboxylic acids is 2. The number of nitrogens with one attached hydrogen (secondary N) is 1. The number of hydrogen-bond acceptors (Lipinski definition) is 4. The van der Waals surface area contributed by atoms with Gasteiger partial charge in [-0.25, -0.2) is 8.78 Å². The molecule has 0 spiro atoms. The van der Waals surface area contributed by atoms with Crippen LogP contribution in [0.15, 0.2) is 42.5 Å². The molecule has 0 aromatic heterocycles. The van der Waals surface area contributed by atoms with Gasteiger partial charge in [0.2, 0.25) is 5.91 Å². The van der Waals surface area contributed by atoms with Crippen molar-refractivity contribution >= 4 is 11.7 Å². The molecule has 0 radical (unpaired) electrons. The number of ether oxygens (including phenoxy) is 1. The molecule has 2 aromatic rings. The lowest BCUT2D eigenvalue weighted by molar-refractivity contribution is -0.126. The van der Waals surface area contributed by atoms with Crippen molar-refractivity contribution in [1.82, 2.24) is 10.2 Å². The first-order valence-corrected chi connectivity index (χ1v) is 10.5. The predicted molar refractivity (Wildman–Crippen MR) is 114 cm³/mol. The topological polar surface area (TPSA) is 58.6 Å². The number of amides is 1. The van der Waals surface area contributed by atoms with Crippen LogP contribution in [0.1, 0.15) is 35.7 Å². The number of carbonyl (C=O) groups is 2. The second-order valence-electron chi connectivity index (χ2n) is 7.86. The van der Waals surface area contributed by atoms with E-state index in [0.29, 0.717) is 32.5 Å². The van der Waals surface area contributed by atoms with E-state index < -0.39 is 11.6 Å². The molecule has 0 aliphatic carbocycles. The second kappa shape index (κ2) is 10.5. The Bertz CT molecular complexity index is 910. The first-order valence-electron chi connectivity index (χ1n) is 10.5. The normalized spacial score (nSPS) is 16.0. The first-order chi connectivity index (χ1) is 14.9. The standard InChI is InChI=1S/C24H28F2N2O3/c1-16(24(30)27-12-9-17-3-6-20(31-2)7-4-17)28-13-10-18(11-14-28)23(29)21-15-19(25)5-8-22(21)26/h3-8,15-16,18H,9-14H2,1-2H3,(H,27,30). The summed E-state index contributed by atoms with van der Waals surface area (Å²) in [5.74, 6) is -1.32. The zero-order valence-corrected chi connectivity index (χ0v) is 17.9. The minimum absolute atomic E-state index is 0.0607. The van der Waals surface area contributed by atoms with Gasteiger partial charge in [0, 0.05) is 12.5 Å². The number of benzene rings is 2. The van der Waals surface area contributed by atoms with E-state index in [-0.39, 0.29) is 29.2 Å². The summed E-state index contributed by atoms with van der Waals surface area (Å²) in [4.78, 5) is 27.1. The Hall–Kier alpha value is -2.80. The maximum atomic E-state index is 13.9. The molecule has 3 rings (SSSR count).